The van der Waals surface area contributed by atoms with Gasteiger partial charge in [0.05, 0.1) is 35.8 Å². The second-order valence-corrected chi connectivity index (χ2v) is 8.13. The molecule has 0 bridgehead atoms. The van der Waals surface area contributed by atoms with E-state index in [1.54, 1.807) is 24.0 Å². The normalized spacial score (nSPS) is 18.7. The Hall–Kier alpha value is -3.14. The zero-order valence-corrected chi connectivity index (χ0v) is 18.6. The second-order valence-electron chi connectivity index (χ2n) is 7.29. The van der Waals surface area contributed by atoms with Crippen molar-refractivity contribution in [1.29, 1.82) is 0 Å². The van der Waals surface area contributed by atoms with E-state index in [9.17, 15) is 19.7 Å². The van der Waals surface area contributed by atoms with Gasteiger partial charge in [0.2, 0.25) is 5.91 Å². The Morgan fingerprint density at radius 2 is 2.16 bits per heavy atom. The fourth-order valence-corrected chi connectivity index (χ4v) is 4.42. The third-order valence-electron chi connectivity index (χ3n) is 5.16. The molecule has 1 aromatic carbocycles. The molecule has 0 aromatic heterocycles. The van der Waals surface area contributed by atoms with Crippen LogP contribution in [0.5, 0.6) is 0 Å². The van der Waals surface area contributed by atoms with E-state index >= 15 is 0 Å². The molecule has 0 unspecified atom stereocenters. The molecule has 1 N–H and O–H groups in total. The van der Waals surface area contributed by atoms with Crippen molar-refractivity contribution in [3.05, 3.63) is 62.3 Å². The van der Waals surface area contributed by atoms with Crippen molar-refractivity contribution in [3.8, 4) is 0 Å². The number of thioether (sulfide) groups is 1. The minimum absolute atomic E-state index is 0.0389. The minimum Gasteiger partial charge on any atom is -0.466 e. The molecule has 1 aromatic rings. The Labute approximate surface area is 184 Å². The van der Waals surface area contributed by atoms with Crippen LogP contribution in [0.1, 0.15) is 45.2 Å². The number of nitro groups is 1. The maximum absolute atomic E-state index is 12.7. The number of nitrogens with one attached hydrogen (secondary N) is 1. The predicted octanol–water partition coefficient (Wildman–Crippen LogP) is 3.65. The lowest BCUT2D eigenvalue weighted by molar-refractivity contribution is -0.384. The molecule has 0 aliphatic carbocycles. The molecule has 0 fully saturated rings. The molecule has 9 nitrogen and oxygen atoms in total. The minimum atomic E-state index is -0.697. The van der Waals surface area contributed by atoms with Crippen LogP contribution in [0.25, 0.3) is 0 Å². The maximum Gasteiger partial charge on any atom is 0.338 e. The molecular formula is C21H24N4O5S. The van der Waals surface area contributed by atoms with E-state index in [2.05, 4.69) is 10.3 Å². The summed E-state index contributed by atoms with van der Waals surface area (Å²) in [6.07, 6.45) is 0.899. The van der Waals surface area contributed by atoms with Gasteiger partial charge in [-0.05, 0) is 31.2 Å². The van der Waals surface area contributed by atoms with Gasteiger partial charge in [0.15, 0.2) is 5.17 Å². The van der Waals surface area contributed by atoms with E-state index in [-0.39, 0.29) is 29.6 Å². The van der Waals surface area contributed by atoms with Crippen LogP contribution in [0.3, 0.4) is 0 Å². The van der Waals surface area contributed by atoms with Gasteiger partial charge in [0.1, 0.15) is 0 Å². The fraction of sp³-hybridized carbons (Fsp3) is 0.381. The number of nitro benzene ring substituents is 1. The monoisotopic (exact) mass is 444 g/mol. The summed E-state index contributed by atoms with van der Waals surface area (Å²) in [4.78, 5) is 42.4. The smallest absolute Gasteiger partial charge is 0.338 e. The fourth-order valence-electron chi connectivity index (χ4n) is 3.46. The van der Waals surface area contributed by atoms with Crippen molar-refractivity contribution in [2.45, 2.75) is 45.7 Å². The Balaban J connectivity index is 2.04. The lowest BCUT2D eigenvalue weighted by atomic mass is 9.93. The summed E-state index contributed by atoms with van der Waals surface area (Å²) in [6.45, 7) is 5.62. The molecule has 10 heteroatoms. The lowest BCUT2D eigenvalue weighted by Crippen LogP contribution is -2.39. The molecular weight excluding hydrogens is 420 g/mol. The van der Waals surface area contributed by atoms with Gasteiger partial charge >= 0.3 is 5.97 Å². The first-order chi connectivity index (χ1) is 14.8. The quantitative estimate of drug-likeness (QED) is 0.388. The maximum atomic E-state index is 12.7. The van der Waals surface area contributed by atoms with Gasteiger partial charge in [-0.15, -0.1) is 0 Å². The van der Waals surface area contributed by atoms with E-state index < -0.39 is 16.9 Å². The number of esters is 1. The number of hydrogen-bond donors (Lipinski definition) is 1. The van der Waals surface area contributed by atoms with Crippen LogP contribution in [0.15, 0.2) is 51.6 Å². The van der Waals surface area contributed by atoms with Gasteiger partial charge in [0, 0.05) is 23.9 Å². The van der Waals surface area contributed by atoms with Gasteiger partial charge in [0.25, 0.3) is 5.69 Å². The topological polar surface area (TPSA) is 114 Å². The molecule has 0 radical (unpaired) electrons. The number of hydrogen-bond acceptors (Lipinski definition) is 8. The summed E-state index contributed by atoms with van der Waals surface area (Å²) in [5.41, 5.74) is 1.87. The first-order valence-electron chi connectivity index (χ1n) is 9.83. The summed E-state index contributed by atoms with van der Waals surface area (Å²) in [5.74, 6) is -0.719. The first-order valence-corrected chi connectivity index (χ1v) is 10.7. The van der Waals surface area contributed by atoms with Crippen LogP contribution in [-0.4, -0.2) is 40.0 Å². The molecule has 31 heavy (non-hydrogen) atoms. The zero-order valence-electron chi connectivity index (χ0n) is 17.7. The summed E-state index contributed by atoms with van der Waals surface area (Å²) in [5, 5.41) is 16.7. The molecule has 0 spiro atoms. The molecule has 0 saturated heterocycles. The highest BCUT2D eigenvalue weighted by atomic mass is 32.2. The number of carbonyl (C=O) groups is 2. The van der Waals surface area contributed by atoms with Crippen LogP contribution in [0, 0.1) is 10.1 Å². The Morgan fingerprint density at radius 1 is 1.42 bits per heavy atom. The molecule has 2 aliphatic rings. The zero-order chi connectivity index (χ0) is 22.7. The highest BCUT2D eigenvalue weighted by molar-refractivity contribution is 8.16. The van der Waals surface area contributed by atoms with Gasteiger partial charge in [-0.3, -0.25) is 14.9 Å². The average molecular weight is 445 g/mol. The van der Waals surface area contributed by atoms with Gasteiger partial charge in [-0.2, -0.15) is 0 Å². The standard InChI is InChI=1S/C21H24N4O5S/c1-5-12(2)22-17(26)10-16-11-31-21-23-13(3)18(20(27)30-4)19(24(16)21)14-7-6-8-15(9-14)25(28)29/h6-9,11-12,19H,5,10H2,1-4H3,(H,22,26)/t12-,19-/m1/s1. The van der Waals surface area contributed by atoms with E-state index in [0.29, 0.717) is 22.1 Å². The van der Waals surface area contributed by atoms with Crippen LogP contribution in [-0.2, 0) is 14.3 Å². The average Bonchev–Trinajstić information content (AvgIpc) is 3.13. The lowest BCUT2D eigenvalue weighted by Gasteiger charge is -2.36. The van der Waals surface area contributed by atoms with E-state index in [1.807, 2.05) is 19.3 Å². The number of carbonyl (C=O) groups excluding carboxylic acids is 2. The van der Waals surface area contributed by atoms with Crippen molar-refractivity contribution in [2.75, 3.05) is 7.11 Å². The van der Waals surface area contributed by atoms with Crippen LogP contribution < -0.4 is 5.32 Å². The van der Waals surface area contributed by atoms with Crippen molar-refractivity contribution in [1.82, 2.24) is 10.2 Å². The number of amidine groups is 1. The number of allylic oxidation sites excluding steroid dienone is 1. The summed E-state index contributed by atoms with van der Waals surface area (Å²) in [7, 11) is 1.28. The summed E-state index contributed by atoms with van der Waals surface area (Å²) in [6, 6.07) is 5.46. The van der Waals surface area contributed by atoms with Crippen molar-refractivity contribution in [2.24, 2.45) is 4.99 Å². The summed E-state index contributed by atoms with van der Waals surface area (Å²) >= 11 is 1.35. The number of benzene rings is 1. The third-order valence-corrected chi connectivity index (χ3v) is 6.05. The van der Waals surface area contributed by atoms with Crippen molar-refractivity contribution < 1.29 is 19.2 Å². The van der Waals surface area contributed by atoms with E-state index in [4.69, 9.17) is 4.74 Å². The van der Waals surface area contributed by atoms with E-state index in [1.165, 1.54) is 31.0 Å². The Bertz CT molecular complexity index is 1020. The number of non-ortho nitro benzene ring substituents is 1. The highest BCUT2D eigenvalue weighted by Crippen LogP contribution is 2.45. The number of fused-ring (bicyclic) bond motifs is 1. The third kappa shape index (κ3) is 4.63. The number of aliphatic imine (C=N–C) groups is 1. The van der Waals surface area contributed by atoms with Gasteiger partial charge < -0.3 is 15.0 Å². The SMILES string of the molecule is CC[C@@H](C)NC(=O)CC1=CSC2=NC(C)=C(C(=O)OC)[C@@H](c3cccc([N+](=O)[O-])c3)N12. The molecule has 2 aliphatic heterocycles. The first kappa shape index (κ1) is 22.5. The second kappa shape index (κ2) is 9.34. The van der Waals surface area contributed by atoms with Crippen LogP contribution >= 0.6 is 11.8 Å². The number of amides is 1. The van der Waals surface area contributed by atoms with Crippen LogP contribution in [0.4, 0.5) is 5.69 Å². The Morgan fingerprint density at radius 3 is 2.81 bits per heavy atom. The number of methoxy groups -OCH3 is 1. The van der Waals surface area contributed by atoms with Crippen LogP contribution in [0.2, 0.25) is 0 Å². The van der Waals surface area contributed by atoms with Crippen molar-refractivity contribution in [3.63, 3.8) is 0 Å². The predicted molar refractivity (Wildman–Crippen MR) is 118 cm³/mol. The van der Waals surface area contributed by atoms with Crippen molar-refractivity contribution >= 4 is 34.5 Å². The van der Waals surface area contributed by atoms with E-state index in [0.717, 1.165) is 6.42 Å². The molecule has 0 saturated carbocycles. The highest BCUT2D eigenvalue weighted by Gasteiger charge is 2.41. The Kier molecular flexibility index (Phi) is 6.79. The molecule has 2 atom stereocenters. The molecule has 2 heterocycles. The number of ether oxygens (including phenoxy) is 1. The molecule has 164 valence electrons. The van der Waals surface area contributed by atoms with Gasteiger partial charge in [-0.1, -0.05) is 30.8 Å². The number of nitrogens with zero attached hydrogens (tertiary/aromatic N) is 3. The molecule has 1 amide bonds. The largest absolute Gasteiger partial charge is 0.466 e. The number of rotatable bonds is 7. The van der Waals surface area contributed by atoms with Gasteiger partial charge in [-0.25, -0.2) is 9.79 Å². The summed E-state index contributed by atoms with van der Waals surface area (Å²) < 4.78 is 4.99. The molecule has 3 rings (SSSR count).